The number of carbonyl (C=O) groups excluding carboxylic acids is 1. The predicted molar refractivity (Wildman–Crippen MR) is 79.0 cm³/mol. The number of benzene rings is 1. The van der Waals surface area contributed by atoms with Crippen LogP contribution < -0.4 is 5.32 Å². The smallest absolute Gasteiger partial charge is 0.230 e. The number of nitrogens with one attached hydrogen (secondary N) is 1. The van der Waals surface area contributed by atoms with Crippen LogP contribution in [0.3, 0.4) is 0 Å². The van der Waals surface area contributed by atoms with Crippen molar-refractivity contribution < 1.29 is 9.90 Å². The number of hydrogen-bond acceptors (Lipinski definition) is 2. The molecule has 1 saturated carbocycles. The first-order chi connectivity index (χ1) is 8.89. The van der Waals surface area contributed by atoms with Gasteiger partial charge in [-0.25, -0.2) is 0 Å². The van der Waals surface area contributed by atoms with Gasteiger partial charge in [0.25, 0.3) is 0 Å². The summed E-state index contributed by atoms with van der Waals surface area (Å²) in [7, 11) is 0. The molecule has 19 heavy (non-hydrogen) atoms. The second kappa shape index (κ2) is 5.25. The molecule has 0 spiro atoms. The lowest BCUT2D eigenvalue weighted by Crippen LogP contribution is -2.44. The molecule has 0 bridgehead atoms. The van der Waals surface area contributed by atoms with Gasteiger partial charge in [0, 0.05) is 11.0 Å². The van der Waals surface area contributed by atoms with Gasteiger partial charge in [0.1, 0.15) is 0 Å². The van der Waals surface area contributed by atoms with E-state index in [9.17, 15) is 9.90 Å². The van der Waals surface area contributed by atoms with E-state index in [2.05, 4.69) is 21.2 Å². The summed E-state index contributed by atoms with van der Waals surface area (Å²) in [6, 6.07) is 7.92. The lowest BCUT2D eigenvalue weighted by Gasteiger charge is -2.24. The molecule has 2 rings (SSSR count). The Kier molecular flexibility index (Phi) is 4.02. The molecule has 4 heteroatoms. The molecule has 1 aliphatic carbocycles. The topological polar surface area (TPSA) is 49.3 Å². The molecule has 3 nitrogen and oxygen atoms in total. The highest BCUT2D eigenvalue weighted by atomic mass is 79.9. The molecule has 104 valence electrons. The Morgan fingerprint density at radius 1 is 1.42 bits per heavy atom. The van der Waals surface area contributed by atoms with Crippen LogP contribution in [0.2, 0.25) is 0 Å². The van der Waals surface area contributed by atoms with Crippen LogP contribution in [0.5, 0.6) is 0 Å². The van der Waals surface area contributed by atoms with Gasteiger partial charge >= 0.3 is 0 Å². The average molecular weight is 326 g/mol. The van der Waals surface area contributed by atoms with E-state index in [0.717, 1.165) is 22.9 Å². The quantitative estimate of drug-likeness (QED) is 0.874. The van der Waals surface area contributed by atoms with E-state index in [-0.39, 0.29) is 11.3 Å². The molecule has 1 atom stereocenters. The monoisotopic (exact) mass is 325 g/mol. The van der Waals surface area contributed by atoms with Crippen LogP contribution in [0.25, 0.3) is 0 Å². The van der Waals surface area contributed by atoms with Crippen LogP contribution in [0, 0.1) is 0 Å². The molecule has 1 aromatic rings. The number of carbonyl (C=O) groups is 1. The van der Waals surface area contributed by atoms with Crippen LogP contribution in [-0.2, 0) is 10.2 Å². The Morgan fingerprint density at radius 3 is 2.47 bits per heavy atom. The summed E-state index contributed by atoms with van der Waals surface area (Å²) < 4.78 is 1.02. The maximum Gasteiger partial charge on any atom is 0.230 e. The summed E-state index contributed by atoms with van der Waals surface area (Å²) in [6.45, 7) is 3.96. The van der Waals surface area contributed by atoms with Gasteiger partial charge in [-0.05, 0) is 43.9 Å². The summed E-state index contributed by atoms with van der Waals surface area (Å²) in [4.78, 5) is 12.3. The van der Waals surface area contributed by atoms with E-state index < -0.39 is 5.60 Å². The lowest BCUT2D eigenvalue weighted by atomic mass is 9.94. The third-order valence-corrected chi connectivity index (χ3v) is 4.50. The van der Waals surface area contributed by atoms with Gasteiger partial charge in [0.05, 0.1) is 11.0 Å². The van der Waals surface area contributed by atoms with Gasteiger partial charge in [-0.15, -0.1) is 0 Å². The fraction of sp³-hybridized carbons (Fsp3) is 0.533. The Bertz CT molecular complexity index is 464. The first-order valence-electron chi connectivity index (χ1n) is 6.66. The molecule has 1 amide bonds. The zero-order valence-corrected chi connectivity index (χ0v) is 13.0. The summed E-state index contributed by atoms with van der Waals surface area (Å²) in [5, 5.41) is 12.8. The molecule has 0 heterocycles. The Balaban J connectivity index is 2.04. The second-order valence-corrected chi connectivity index (χ2v) is 6.54. The largest absolute Gasteiger partial charge is 0.388 e. The van der Waals surface area contributed by atoms with E-state index >= 15 is 0 Å². The summed E-state index contributed by atoms with van der Waals surface area (Å²) in [5.74, 6) is 0.0311. The Morgan fingerprint density at radius 2 is 2.00 bits per heavy atom. The van der Waals surface area contributed by atoms with Crippen LogP contribution in [0.15, 0.2) is 28.7 Å². The van der Waals surface area contributed by atoms with E-state index in [1.807, 2.05) is 31.2 Å². The van der Waals surface area contributed by atoms with Crippen molar-refractivity contribution in [3.8, 4) is 0 Å². The maximum atomic E-state index is 12.3. The molecule has 1 fully saturated rings. The Hall–Kier alpha value is -0.870. The van der Waals surface area contributed by atoms with E-state index in [1.165, 1.54) is 0 Å². The fourth-order valence-electron chi connectivity index (χ4n) is 2.11. The van der Waals surface area contributed by atoms with Crippen LogP contribution in [0.4, 0.5) is 0 Å². The molecule has 0 aromatic heterocycles. The van der Waals surface area contributed by atoms with Crippen molar-refractivity contribution in [2.45, 2.75) is 44.1 Å². The SMILES string of the molecule is CCC(C)(O)CNC(=O)C1(c2ccc(Br)cc2)CC1. The van der Waals surface area contributed by atoms with Gasteiger partial charge in [-0.2, -0.15) is 0 Å². The molecule has 2 N–H and O–H groups in total. The summed E-state index contributed by atoms with van der Waals surface area (Å²) >= 11 is 3.40. The molecular formula is C15H20BrNO2. The number of hydrogen-bond donors (Lipinski definition) is 2. The predicted octanol–water partition coefficient (Wildman–Crippen LogP) is 2.76. The van der Waals surface area contributed by atoms with Gasteiger partial charge in [0.2, 0.25) is 5.91 Å². The molecule has 0 saturated heterocycles. The van der Waals surface area contributed by atoms with Gasteiger partial charge in [0.15, 0.2) is 0 Å². The average Bonchev–Trinajstić information content (AvgIpc) is 3.18. The van der Waals surface area contributed by atoms with Crippen molar-refractivity contribution in [1.29, 1.82) is 0 Å². The third kappa shape index (κ3) is 3.18. The third-order valence-electron chi connectivity index (χ3n) is 3.97. The first-order valence-corrected chi connectivity index (χ1v) is 7.46. The zero-order valence-electron chi connectivity index (χ0n) is 11.4. The summed E-state index contributed by atoms with van der Waals surface area (Å²) in [6.07, 6.45) is 2.39. The number of aliphatic hydroxyl groups is 1. The first kappa shape index (κ1) is 14.5. The zero-order chi connectivity index (χ0) is 14.1. The highest BCUT2D eigenvalue weighted by Gasteiger charge is 2.51. The van der Waals surface area contributed by atoms with Gasteiger partial charge in [-0.3, -0.25) is 4.79 Å². The minimum absolute atomic E-state index is 0.0311. The molecule has 0 aliphatic heterocycles. The van der Waals surface area contributed by atoms with Crippen molar-refractivity contribution in [1.82, 2.24) is 5.32 Å². The van der Waals surface area contributed by atoms with Crippen LogP contribution >= 0.6 is 15.9 Å². The molecule has 1 aliphatic rings. The number of rotatable bonds is 5. The van der Waals surface area contributed by atoms with E-state index in [0.29, 0.717) is 13.0 Å². The summed E-state index contributed by atoms with van der Waals surface area (Å²) in [5.41, 5.74) is -0.139. The normalized spacial score (nSPS) is 19.6. The standard InChI is InChI=1S/C15H20BrNO2/c1-3-14(2,19)10-17-13(18)15(8-9-15)11-4-6-12(16)7-5-11/h4-7,19H,3,8-10H2,1-2H3,(H,17,18). The highest BCUT2D eigenvalue weighted by molar-refractivity contribution is 9.10. The van der Waals surface area contributed by atoms with Crippen LogP contribution in [-0.4, -0.2) is 23.2 Å². The number of halogens is 1. The van der Waals surface area contributed by atoms with Gasteiger partial charge < -0.3 is 10.4 Å². The van der Waals surface area contributed by atoms with Crippen molar-refractivity contribution in [3.05, 3.63) is 34.3 Å². The van der Waals surface area contributed by atoms with Gasteiger partial charge in [-0.1, -0.05) is 35.0 Å². The van der Waals surface area contributed by atoms with Crippen molar-refractivity contribution >= 4 is 21.8 Å². The highest BCUT2D eigenvalue weighted by Crippen LogP contribution is 2.48. The maximum absolute atomic E-state index is 12.3. The minimum Gasteiger partial charge on any atom is -0.388 e. The van der Waals surface area contributed by atoms with Crippen molar-refractivity contribution in [3.63, 3.8) is 0 Å². The fourth-order valence-corrected chi connectivity index (χ4v) is 2.37. The van der Waals surface area contributed by atoms with Crippen molar-refractivity contribution in [2.75, 3.05) is 6.54 Å². The van der Waals surface area contributed by atoms with Crippen LogP contribution in [0.1, 0.15) is 38.7 Å². The molecule has 1 unspecified atom stereocenters. The Labute approximate surface area is 122 Å². The molecule has 1 aromatic carbocycles. The minimum atomic E-state index is -0.828. The van der Waals surface area contributed by atoms with E-state index in [1.54, 1.807) is 6.92 Å². The number of amides is 1. The van der Waals surface area contributed by atoms with Crippen molar-refractivity contribution in [2.24, 2.45) is 0 Å². The molecule has 0 radical (unpaired) electrons. The second-order valence-electron chi connectivity index (χ2n) is 5.62. The van der Waals surface area contributed by atoms with E-state index in [4.69, 9.17) is 0 Å². The molecular weight excluding hydrogens is 306 g/mol. The lowest BCUT2D eigenvalue weighted by molar-refractivity contribution is -0.124.